The highest BCUT2D eigenvalue weighted by molar-refractivity contribution is 5.80. The van der Waals surface area contributed by atoms with Crippen molar-refractivity contribution in [2.45, 2.75) is 45.3 Å². The molecule has 1 amide bonds. The zero-order valence-corrected chi connectivity index (χ0v) is 17.8. The van der Waals surface area contributed by atoms with Crippen LogP contribution in [0.2, 0.25) is 0 Å². The van der Waals surface area contributed by atoms with Crippen LogP contribution in [0.15, 0.2) is 29.3 Å². The molecule has 0 unspecified atom stereocenters. The Morgan fingerprint density at radius 3 is 2.69 bits per heavy atom. The molecule has 1 fully saturated rings. The molecule has 0 aliphatic carbocycles. The summed E-state index contributed by atoms with van der Waals surface area (Å²) in [7, 11) is 1.77. The molecule has 1 aliphatic rings. The Morgan fingerprint density at radius 2 is 2.07 bits per heavy atom. The molecule has 0 aromatic heterocycles. The first kappa shape index (κ1) is 22.4. The van der Waals surface area contributed by atoms with Crippen molar-refractivity contribution in [1.29, 1.82) is 0 Å². The number of nitrogens with one attached hydrogen (secondary N) is 2. The maximum Gasteiger partial charge on any atom is 0.407 e. The van der Waals surface area contributed by atoms with E-state index >= 15 is 0 Å². The second-order valence-electron chi connectivity index (χ2n) is 7.94. The van der Waals surface area contributed by atoms with E-state index in [9.17, 15) is 4.79 Å². The number of likely N-dealkylation sites (tertiary alicyclic amines) is 1. The van der Waals surface area contributed by atoms with Crippen LogP contribution in [0, 0.1) is 12.3 Å². The van der Waals surface area contributed by atoms with E-state index in [0.717, 1.165) is 37.6 Å². The van der Waals surface area contributed by atoms with Crippen LogP contribution in [0.1, 0.15) is 32.8 Å². The van der Waals surface area contributed by atoms with E-state index in [0.29, 0.717) is 6.54 Å². The highest BCUT2D eigenvalue weighted by Gasteiger charge is 2.27. The minimum atomic E-state index is -0.494. The molecule has 2 N–H and O–H groups in total. The Labute approximate surface area is 173 Å². The fourth-order valence-electron chi connectivity index (χ4n) is 3.07. The number of hydrogen-bond donors (Lipinski definition) is 2. The van der Waals surface area contributed by atoms with E-state index in [2.05, 4.69) is 26.4 Å². The molecule has 1 aliphatic heterocycles. The van der Waals surface area contributed by atoms with Gasteiger partial charge < -0.3 is 25.0 Å². The van der Waals surface area contributed by atoms with Gasteiger partial charge in [-0.3, -0.25) is 4.99 Å². The minimum absolute atomic E-state index is 0.0546. The molecule has 0 radical (unpaired) electrons. The number of rotatable bonds is 6. The lowest BCUT2D eigenvalue weighted by atomic mass is 10.1. The maximum absolute atomic E-state index is 12.0. The highest BCUT2D eigenvalue weighted by atomic mass is 16.6. The summed E-state index contributed by atoms with van der Waals surface area (Å²) >= 11 is 0. The van der Waals surface area contributed by atoms with Crippen molar-refractivity contribution >= 4 is 12.1 Å². The monoisotopic (exact) mass is 400 g/mol. The first-order valence-electron chi connectivity index (χ1n) is 9.91. The SMILES string of the molecule is C#CCOc1ccc(CCNC(=NC)N2CC[C@@H](NC(=O)OC(C)(C)C)C2)cc1. The Morgan fingerprint density at radius 1 is 1.34 bits per heavy atom. The molecule has 1 saturated heterocycles. The predicted molar refractivity (Wildman–Crippen MR) is 115 cm³/mol. The molecule has 29 heavy (non-hydrogen) atoms. The van der Waals surface area contributed by atoms with Crippen molar-refractivity contribution in [2.75, 3.05) is 33.3 Å². The van der Waals surface area contributed by atoms with Crippen molar-refractivity contribution < 1.29 is 14.3 Å². The molecule has 0 bridgehead atoms. The Bertz CT molecular complexity index is 732. The van der Waals surface area contributed by atoms with E-state index in [1.807, 2.05) is 45.0 Å². The number of carbonyl (C=O) groups is 1. The number of guanidine groups is 1. The third kappa shape index (κ3) is 7.94. The van der Waals surface area contributed by atoms with Crippen molar-refractivity contribution in [1.82, 2.24) is 15.5 Å². The van der Waals surface area contributed by atoms with Gasteiger partial charge in [0.05, 0.1) is 6.04 Å². The number of nitrogens with zero attached hydrogens (tertiary/aromatic N) is 2. The van der Waals surface area contributed by atoms with Gasteiger partial charge in [-0.2, -0.15) is 0 Å². The normalized spacial score (nSPS) is 16.9. The van der Waals surface area contributed by atoms with Crippen LogP contribution in [0.5, 0.6) is 5.75 Å². The molecule has 7 heteroatoms. The number of terminal acetylenes is 1. The van der Waals surface area contributed by atoms with E-state index in [1.165, 1.54) is 5.56 Å². The lowest BCUT2D eigenvalue weighted by Gasteiger charge is -2.23. The molecule has 1 heterocycles. The lowest BCUT2D eigenvalue weighted by molar-refractivity contribution is 0.0507. The number of aliphatic imine (C=N–C) groups is 1. The molecule has 1 aromatic carbocycles. The molecule has 2 rings (SSSR count). The van der Waals surface area contributed by atoms with E-state index in [1.54, 1.807) is 7.05 Å². The third-order valence-electron chi connectivity index (χ3n) is 4.36. The third-order valence-corrected chi connectivity index (χ3v) is 4.36. The molecule has 1 atom stereocenters. The first-order chi connectivity index (χ1) is 13.8. The fourth-order valence-corrected chi connectivity index (χ4v) is 3.07. The summed E-state index contributed by atoms with van der Waals surface area (Å²) in [5.74, 6) is 4.07. The summed E-state index contributed by atoms with van der Waals surface area (Å²) < 4.78 is 10.7. The number of alkyl carbamates (subject to hydrolysis) is 1. The molecule has 0 spiro atoms. The van der Waals surface area contributed by atoms with Crippen molar-refractivity contribution in [3.8, 4) is 18.1 Å². The van der Waals surface area contributed by atoms with Crippen LogP contribution in [-0.2, 0) is 11.2 Å². The summed E-state index contributed by atoms with van der Waals surface area (Å²) in [6.07, 6.45) is 6.55. The van der Waals surface area contributed by atoms with Crippen LogP contribution < -0.4 is 15.4 Å². The second kappa shape index (κ2) is 10.6. The smallest absolute Gasteiger partial charge is 0.407 e. The van der Waals surface area contributed by atoms with Gasteiger partial charge in [0, 0.05) is 26.7 Å². The van der Waals surface area contributed by atoms with Gasteiger partial charge in [0.15, 0.2) is 5.96 Å². The summed E-state index contributed by atoms with van der Waals surface area (Å²) in [6.45, 7) is 8.15. The highest BCUT2D eigenvalue weighted by Crippen LogP contribution is 2.13. The lowest BCUT2D eigenvalue weighted by Crippen LogP contribution is -2.44. The number of benzene rings is 1. The van der Waals surface area contributed by atoms with Crippen LogP contribution in [0.4, 0.5) is 4.79 Å². The van der Waals surface area contributed by atoms with Gasteiger partial charge in [0.2, 0.25) is 0 Å². The van der Waals surface area contributed by atoms with E-state index in [4.69, 9.17) is 15.9 Å². The van der Waals surface area contributed by atoms with Crippen LogP contribution >= 0.6 is 0 Å². The van der Waals surface area contributed by atoms with Gasteiger partial charge in [0.25, 0.3) is 0 Å². The van der Waals surface area contributed by atoms with Gasteiger partial charge >= 0.3 is 6.09 Å². The summed E-state index contributed by atoms with van der Waals surface area (Å²) in [6, 6.07) is 7.97. The Hall–Kier alpha value is -2.88. The first-order valence-corrected chi connectivity index (χ1v) is 9.91. The molecule has 1 aromatic rings. The zero-order valence-electron chi connectivity index (χ0n) is 17.8. The quantitative estimate of drug-likeness (QED) is 0.436. The van der Waals surface area contributed by atoms with Gasteiger partial charge in [-0.1, -0.05) is 18.1 Å². The Kier molecular flexibility index (Phi) is 8.20. The number of amides is 1. The van der Waals surface area contributed by atoms with Crippen LogP contribution in [-0.4, -0.2) is 61.9 Å². The van der Waals surface area contributed by atoms with E-state index in [-0.39, 0.29) is 18.7 Å². The molecular weight excluding hydrogens is 368 g/mol. The average Bonchev–Trinajstić information content (AvgIpc) is 3.11. The van der Waals surface area contributed by atoms with Crippen molar-refractivity contribution in [2.24, 2.45) is 4.99 Å². The average molecular weight is 401 g/mol. The minimum Gasteiger partial charge on any atom is -0.481 e. The molecule has 0 saturated carbocycles. The van der Waals surface area contributed by atoms with Crippen molar-refractivity contribution in [3.63, 3.8) is 0 Å². The summed E-state index contributed by atoms with van der Waals surface area (Å²) in [5.41, 5.74) is 0.706. The molecule has 158 valence electrons. The second-order valence-corrected chi connectivity index (χ2v) is 7.94. The fraction of sp³-hybridized carbons (Fsp3) is 0.545. The number of ether oxygens (including phenoxy) is 2. The van der Waals surface area contributed by atoms with Crippen LogP contribution in [0.25, 0.3) is 0 Å². The van der Waals surface area contributed by atoms with Gasteiger partial charge in [-0.25, -0.2) is 4.79 Å². The number of hydrogen-bond acceptors (Lipinski definition) is 4. The predicted octanol–water partition coefficient (Wildman–Crippen LogP) is 2.42. The van der Waals surface area contributed by atoms with Crippen LogP contribution in [0.3, 0.4) is 0 Å². The van der Waals surface area contributed by atoms with Gasteiger partial charge in [-0.05, 0) is 51.3 Å². The summed E-state index contributed by atoms with van der Waals surface area (Å²) in [5, 5.41) is 6.33. The molecular formula is C22H32N4O3. The zero-order chi connectivity index (χ0) is 21.3. The Balaban J connectivity index is 1.75. The van der Waals surface area contributed by atoms with Gasteiger partial charge in [0.1, 0.15) is 18.0 Å². The van der Waals surface area contributed by atoms with Crippen molar-refractivity contribution in [3.05, 3.63) is 29.8 Å². The van der Waals surface area contributed by atoms with Gasteiger partial charge in [-0.15, -0.1) is 6.42 Å². The topological polar surface area (TPSA) is 75.2 Å². The largest absolute Gasteiger partial charge is 0.481 e. The maximum atomic E-state index is 12.0. The number of carbonyl (C=O) groups excluding carboxylic acids is 1. The standard InChI is InChI=1S/C22H32N4O3/c1-6-15-28-19-9-7-17(8-10-19)11-13-24-20(23-5)26-14-12-18(16-26)25-21(27)29-22(2,3)4/h1,7-10,18H,11-16H2,2-5H3,(H,23,24)(H,25,27)/t18-/m1/s1. The molecule has 7 nitrogen and oxygen atoms in total. The van der Waals surface area contributed by atoms with E-state index < -0.39 is 5.60 Å². The summed E-state index contributed by atoms with van der Waals surface area (Å²) in [4.78, 5) is 18.5.